The summed E-state index contributed by atoms with van der Waals surface area (Å²) in [5.41, 5.74) is 2.52. The molecule has 0 spiro atoms. The molecule has 108 valence electrons. The first-order chi connectivity index (χ1) is 9.56. The van der Waals surface area contributed by atoms with E-state index in [-0.39, 0.29) is 6.04 Å². The molecule has 1 aromatic carbocycles. The van der Waals surface area contributed by atoms with Gasteiger partial charge in [-0.2, -0.15) is 0 Å². The molecule has 1 N–H and O–H groups in total. The van der Waals surface area contributed by atoms with Gasteiger partial charge in [0.1, 0.15) is 5.75 Å². The Bertz CT molecular complexity index is 594. The predicted molar refractivity (Wildman–Crippen MR) is 90.0 cm³/mol. The molecule has 0 saturated heterocycles. The van der Waals surface area contributed by atoms with Crippen molar-refractivity contribution in [3.63, 3.8) is 0 Å². The zero-order chi connectivity index (χ0) is 14.7. The molecule has 0 fully saturated rings. The summed E-state index contributed by atoms with van der Waals surface area (Å²) in [6, 6.07) is 8.65. The maximum absolute atomic E-state index is 5.56. The second-order valence-corrected chi connectivity index (χ2v) is 6.98. The highest BCUT2D eigenvalue weighted by atomic mass is 79.9. The largest absolute Gasteiger partial charge is 0.496 e. The summed E-state index contributed by atoms with van der Waals surface area (Å²) in [5, 5.41) is 3.58. The number of halogens is 1. The first-order valence-electron chi connectivity index (χ1n) is 6.70. The van der Waals surface area contributed by atoms with Crippen molar-refractivity contribution >= 4 is 27.3 Å². The lowest BCUT2D eigenvalue weighted by Crippen LogP contribution is -2.22. The number of hydrogen-bond acceptors (Lipinski definition) is 3. The molecular formula is C16H20BrNOS. The van der Waals surface area contributed by atoms with Crippen LogP contribution in [0.2, 0.25) is 0 Å². The molecule has 0 bridgehead atoms. The molecule has 0 aliphatic heterocycles. The van der Waals surface area contributed by atoms with Crippen molar-refractivity contribution in [1.29, 1.82) is 0 Å². The van der Waals surface area contributed by atoms with Crippen molar-refractivity contribution in [3.8, 4) is 5.75 Å². The van der Waals surface area contributed by atoms with E-state index in [0.717, 1.165) is 16.8 Å². The number of ether oxygens (including phenoxy) is 1. The highest BCUT2D eigenvalue weighted by molar-refractivity contribution is 9.10. The van der Waals surface area contributed by atoms with Gasteiger partial charge >= 0.3 is 0 Å². The summed E-state index contributed by atoms with van der Waals surface area (Å²) in [5.74, 6) is 0.913. The van der Waals surface area contributed by atoms with Crippen LogP contribution in [0.15, 0.2) is 28.7 Å². The molecule has 0 aliphatic rings. The Balaban J connectivity index is 2.51. The van der Waals surface area contributed by atoms with E-state index in [4.69, 9.17) is 4.74 Å². The monoisotopic (exact) mass is 353 g/mol. The summed E-state index contributed by atoms with van der Waals surface area (Å²) < 4.78 is 6.59. The zero-order valence-electron chi connectivity index (χ0n) is 12.3. The second-order valence-electron chi connectivity index (χ2n) is 4.78. The fourth-order valence-corrected chi connectivity index (χ4v) is 3.89. The first-order valence-corrected chi connectivity index (χ1v) is 8.31. The lowest BCUT2D eigenvalue weighted by atomic mass is 10.0. The van der Waals surface area contributed by atoms with E-state index in [1.807, 2.05) is 17.4 Å². The molecule has 4 heteroatoms. The minimum Gasteiger partial charge on any atom is -0.496 e. The van der Waals surface area contributed by atoms with E-state index in [1.165, 1.54) is 20.9 Å². The summed E-state index contributed by atoms with van der Waals surface area (Å²) in [6.45, 7) is 7.38. The van der Waals surface area contributed by atoms with Crippen molar-refractivity contribution < 1.29 is 4.74 Å². The average Bonchev–Trinajstić information content (AvgIpc) is 2.75. The zero-order valence-corrected chi connectivity index (χ0v) is 14.7. The molecule has 2 nitrogen and oxygen atoms in total. The Morgan fingerprint density at radius 2 is 2.05 bits per heavy atom. The van der Waals surface area contributed by atoms with Crippen LogP contribution in [0.25, 0.3) is 0 Å². The average molecular weight is 354 g/mol. The molecular weight excluding hydrogens is 334 g/mol. The maximum Gasteiger partial charge on any atom is 0.125 e. The normalized spacial score (nSPS) is 12.4. The topological polar surface area (TPSA) is 21.3 Å². The van der Waals surface area contributed by atoms with Crippen molar-refractivity contribution in [2.24, 2.45) is 0 Å². The number of thiophene rings is 1. The molecule has 2 rings (SSSR count). The third-order valence-corrected chi connectivity index (χ3v) is 4.97. The van der Waals surface area contributed by atoms with E-state index in [9.17, 15) is 0 Å². The van der Waals surface area contributed by atoms with Gasteiger partial charge < -0.3 is 10.1 Å². The van der Waals surface area contributed by atoms with Gasteiger partial charge in [0, 0.05) is 19.8 Å². The van der Waals surface area contributed by atoms with Gasteiger partial charge in [0.15, 0.2) is 0 Å². The lowest BCUT2D eigenvalue weighted by Gasteiger charge is -2.21. The molecule has 2 aromatic rings. The van der Waals surface area contributed by atoms with Crippen molar-refractivity contribution in [3.05, 3.63) is 49.6 Å². The van der Waals surface area contributed by atoms with Gasteiger partial charge in [-0.3, -0.25) is 0 Å². The van der Waals surface area contributed by atoms with Gasteiger partial charge in [-0.05, 0) is 44.2 Å². The Morgan fingerprint density at radius 3 is 2.60 bits per heavy atom. The van der Waals surface area contributed by atoms with Crippen LogP contribution in [-0.2, 0) is 0 Å². The van der Waals surface area contributed by atoms with Gasteiger partial charge in [0.2, 0.25) is 0 Å². The number of rotatable bonds is 5. The molecule has 0 saturated carbocycles. The van der Waals surface area contributed by atoms with Crippen LogP contribution in [0.4, 0.5) is 0 Å². The van der Waals surface area contributed by atoms with Crippen LogP contribution in [0, 0.1) is 13.8 Å². The predicted octanol–water partition coefficient (Wildman–Crippen LogP) is 4.83. The molecule has 0 amide bonds. The van der Waals surface area contributed by atoms with Crippen LogP contribution in [0.5, 0.6) is 5.75 Å². The fraction of sp³-hybridized carbons (Fsp3) is 0.375. The van der Waals surface area contributed by atoms with Crippen molar-refractivity contribution in [2.45, 2.75) is 26.8 Å². The van der Waals surface area contributed by atoms with Gasteiger partial charge in [-0.15, -0.1) is 11.3 Å². The van der Waals surface area contributed by atoms with Crippen LogP contribution < -0.4 is 10.1 Å². The van der Waals surface area contributed by atoms with Crippen LogP contribution in [0.1, 0.15) is 33.8 Å². The molecule has 1 unspecified atom stereocenters. The van der Waals surface area contributed by atoms with Gasteiger partial charge in [0.25, 0.3) is 0 Å². The molecule has 1 aromatic heterocycles. The molecule has 0 radical (unpaired) electrons. The van der Waals surface area contributed by atoms with Crippen LogP contribution >= 0.6 is 27.3 Å². The SMILES string of the molecule is CCNC(c1ccc(Br)cc1OC)c1sc(C)cc1C. The van der Waals surface area contributed by atoms with Crippen molar-refractivity contribution in [1.82, 2.24) is 5.32 Å². The highest BCUT2D eigenvalue weighted by Crippen LogP contribution is 2.37. The van der Waals surface area contributed by atoms with Crippen LogP contribution in [0.3, 0.4) is 0 Å². The Morgan fingerprint density at radius 1 is 1.30 bits per heavy atom. The number of methoxy groups -OCH3 is 1. The molecule has 1 heterocycles. The minimum atomic E-state index is 0.182. The third-order valence-electron chi connectivity index (χ3n) is 3.26. The number of hydrogen-bond donors (Lipinski definition) is 1. The fourth-order valence-electron chi connectivity index (χ4n) is 2.42. The van der Waals surface area contributed by atoms with E-state index < -0.39 is 0 Å². The van der Waals surface area contributed by atoms with E-state index >= 15 is 0 Å². The lowest BCUT2D eigenvalue weighted by molar-refractivity contribution is 0.404. The van der Waals surface area contributed by atoms with E-state index in [0.29, 0.717) is 0 Å². The summed E-state index contributed by atoms with van der Waals surface area (Å²) in [6.07, 6.45) is 0. The summed E-state index contributed by atoms with van der Waals surface area (Å²) in [4.78, 5) is 2.71. The summed E-state index contributed by atoms with van der Waals surface area (Å²) in [7, 11) is 1.72. The Hall–Kier alpha value is -0.840. The number of aryl methyl sites for hydroxylation is 2. The van der Waals surface area contributed by atoms with E-state index in [1.54, 1.807) is 7.11 Å². The first kappa shape index (κ1) is 15.5. The number of nitrogens with one attached hydrogen (secondary N) is 1. The Labute approximate surface area is 133 Å². The van der Waals surface area contributed by atoms with Crippen molar-refractivity contribution in [2.75, 3.05) is 13.7 Å². The molecule has 1 atom stereocenters. The van der Waals surface area contributed by atoms with Crippen LogP contribution in [-0.4, -0.2) is 13.7 Å². The van der Waals surface area contributed by atoms with E-state index in [2.05, 4.69) is 60.2 Å². The highest BCUT2D eigenvalue weighted by Gasteiger charge is 2.21. The van der Waals surface area contributed by atoms with Gasteiger partial charge in [-0.1, -0.05) is 28.9 Å². The molecule has 20 heavy (non-hydrogen) atoms. The number of benzene rings is 1. The smallest absolute Gasteiger partial charge is 0.125 e. The van der Waals surface area contributed by atoms with Gasteiger partial charge in [0.05, 0.1) is 13.2 Å². The standard InChI is InChI=1S/C16H20BrNOS/c1-5-18-15(16-10(2)8-11(3)20-16)13-7-6-12(17)9-14(13)19-4/h6-9,15,18H,5H2,1-4H3. The summed E-state index contributed by atoms with van der Waals surface area (Å²) >= 11 is 5.35. The third kappa shape index (κ3) is 3.25. The minimum absolute atomic E-state index is 0.182. The molecule has 0 aliphatic carbocycles. The second kappa shape index (κ2) is 6.74. The Kier molecular flexibility index (Phi) is 5.24. The maximum atomic E-state index is 5.56. The van der Waals surface area contributed by atoms with Gasteiger partial charge in [-0.25, -0.2) is 0 Å². The quantitative estimate of drug-likeness (QED) is 0.830.